The highest BCUT2D eigenvalue weighted by Crippen LogP contribution is 2.49. The van der Waals surface area contributed by atoms with Crippen LogP contribution in [-0.4, -0.2) is 13.0 Å². The lowest BCUT2D eigenvalue weighted by molar-refractivity contribution is -0.131. The number of para-hydroxylation sites is 2. The summed E-state index contributed by atoms with van der Waals surface area (Å²) in [5.41, 5.74) is 2.16. The van der Waals surface area contributed by atoms with Gasteiger partial charge in [0, 0.05) is 19.0 Å². The summed E-state index contributed by atoms with van der Waals surface area (Å²) in [5, 5.41) is 0. The van der Waals surface area contributed by atoms with E-state index >= 15 is 0 Å². The van der Waals surface area contributed by atoms with Gasteiger partial charge in [-0.2, -0.15) is 0 Å². The number of ether oxygens (including phenoxy) is 1. The molecule has 0 saturated carbocycles. The second kappa shape index (κ2) is 3.38. The first kappa shape index (κ1) is 10.6. The molecule has 0 saturated heterocycles. The first-order valence-electron chi connectivity index (χ1n) is 6.37. The van der Waals surface area contributed by atoms with Crippen LogP contribution in [0.3, 0.4) is 0 Å². The number of rotatable bonds is 0. The molecule has 2 aromatic rings. The summed E-state index contributed by atoms with van der Waals surface area (Å²) in [7, 11) is 1.81. The number of benzene rings is 2. The van der Waals surface area contributed by atoms with Crippen LogP contribution < -0.4 is 9.64 Å². The standard InChI is InChI=1S/C16H13NO2/c1-17-13-8-4-3-7-12(13)16(15(17)18)10-11-6-2-5-9-14(11)19-16/h2-9H,10H2,1H3. The van der Waals surface area contributed by atoms with Crippen molar-refractivity contribution in [1.29, 1.82) is 0 Å². The fraction of sp³-hybridized carbons (Fsp3) is 0.188. The third-order valence-electron chi connectivity index (χ3n) is 4.05. The van der Waals surface area contributed by atoms with Crippen LogP contribution in [0.5, 0.6) is 5.75 Å². The number of fused-ring (bicyclic) bond motifs is 3. The van der Waals surface area contributed by atoms with Gasteiger partial charge in [0.1, 0.15) is 5.75 Å². The summed E-state index contributed by atoms with van der Waals surface area (Å²) < 4.78 is 6.07. The number of hydrogen-bond acceptors (Lipinski definition) is 2. The number of amides is 1. The average Bonchev–Trinajstić information content (AvgIpc) is 2.93. The molecule has 0 radical (unpaired) electrons. The molecular formula is C16H13NO2. The third-order valence-corrected chi connectivity index (χ3v) is 4.05. The number of hydrogen-bond donors (Lipinski definition) is 0. The van der Waals surface area contributed by atoms with E-state index in [1.54, 1.807) is 4.90 Å². The smallest absolute Gasteiger partial charge is 0.276 e. The van der Waals surface area contributed by atoms with Crippen molar-refractivity contribution in [3.8, 4) is 5.75 Å². The molecule has 0 bridgehead atoms. The van der Waals surface area contributed by atoms with Gasteiger partial charge in [0.25, 0.3) is 5.91 Å². The molecule has 3 nitrogen and oxygen atoms in total. The quantitative estimate of drug-likeness (QED) is 0.720. The van der Waals surface area contributed by atoms with Crippen LogP contribution in [0.2, 0.25) is 0 Å². The van der Waals surface area contributed by atoms with Crippen molar-refractivity contribution in [3.63, 3.8) is 0 Å². The van der Waals surface area contributed by atoms with Gasteiger partial charge in [-0.25, -0.2) is 0 Å². The molecule has 0 aliphatic carbocycles. The summed E-state index contributed by atoms with van der Waals surface area (Å²) in [6, 6.07) is 15.7. The number of anilines is 1. The van der Waals surface area contributed by atoms with Crippen LogP contribution in [-0.2, 0) is 16.8 Å². The summed E-state index contributed by atoms with van der Waals surface area (Å²) in [6.07, 6.45) is 0.614. The molecule has 1 amide bonds. The first-order valence-corrected chi connectivity index (χ1v) is 6.37. The Hall–Kier alpha value is -2.29. The zero-order valence-corrected chi connectivity index (χ0v) is 10.6. The highest BCUT2D eigenvalue weighted by Gasteiger charge is 2.55. The fourth-order valence-electron chi connectivity index (χ4n) is 3.11. The summed E-state index contributed by atoms with van der Waals surface area (Å²) >= 11 is 0. The van der Waals surface area contributed by atoms with Crippen molar-refractivity contribution in [2.24, 2.45) is 0 Å². The Kier molecular flexibility index (Phi) is 1.89. The van der Waals surface area contributed by atoms with Crippen LogP contribution in [0.1, 0.15) is 11.1 Å². The zero-order chi connectivity index (χ0) is 13.0. The van der Waals surface area contributed by atoms with Gasteiger partial charge in [0.15, 0.2) is 0 Å². The van der Waals surface area contributed by atoms with Crippen LogP contribution in [0.15, 0.2) is 48.5 Å². The molecule has 4 rings (SSSR count). The molecule has 0 N–H and O–H groups in total. The lowest BCUT2D eigenvalue weighted by Gasteiger charge is -2.22. The van der Waals surface area contributed by atoms with Crippen LogP contribution >= 0.6 is 0 Å². The topological polar surface area (TPSA) is 29.5 Å². The van der Waals surface area contributed by atoms with E-state index < -0.39 is 5.60 Å². The number of carbonyl (C=O) groups is 1. The monoisotopic (exact) mass is 251 g/mol. The van der Waals surface area contributed by atoms with E-state index in [4.69, 9.17) is 4.74 Å². The van der Waals surface area contributed by atoms with Crippen molar-refractivity contribution < 1.29 is 9.53 Å². The molecule has 3 heteroatoms. The molecule has 2 aromatic carbocycles. The highest BCUT2D eigenvalue weighted by atomic mass is 16.5. The SMILES string of the molecule is CN1C(=O)C2(Cc3ccccc3O2)c2ccccc21. The Bertz CT molecular complexity index is 668. The maximum absolute atomic E-state index is 12.7. The molecular weight excluding hydrogens is 238 g/mol. The number of nitrogens with zero attached hydrogens (tertiary/aromatic N) is 1. The molecule has 1 atom stereocenters. The minimum Gasteiger partial charge on any atom is -0.472 e. The fourth-order valence-corrected chi connectivity index (χ4v) is 3.11. The second-order valence-corrected chi connectivity index (χ2v) is 5.09. The van der Waals surface area contributed by atoms with Gasteiger partial charge >= 0.3 is 0 Å². The van der Waals surface area contributed by atoms with E-state index in [1.165, 1.54) is 0 Å². The normalized spacial score (nSPS) is 23.4. The maximum Gasteiger partial charge on any atom is 0.276 e. The predicted molar refractivity (Wildman–Crippen MR) is 72.3 cm³/mol. The zero-order valence-electron chi connectivity index (χ0n) is 10.6. The lowest BCUT2D eigenvalue weighted by Crippen LogP contribution is -2.42. The Labute approximate surface area is 111 Å². The van der Waals surface area contributed by atoms with E-state index in [-0.39, 0.29) is 5.91 Å². The number of carbonyl (C=O) groups excluding carboxylic acids is 1. The van der Waals surface area contributed by atoms with Crippen molar-refractivity contribution in [1.82, 2.24) is 0 Å². The molecule has 2 aliphatic heterocycles. The Morgan fingerprint density at radius 2 is 1.84 bits per heavy atom. The second-order valence-electron chi connectivity index (χ2n) is 5.09. The number of likely N-dealkylation sites (N-methyl/N-ethyl adjacent to an activating group) is 1. The average molecular weight is 251 g/mol. The molecule has 0 aromatic heterocycles. The molecule has 19 heavy (non-hydrogen) atoms. The van der Waals surface area contributed by atoms with E-state index in [1.807, 2.05) is 55.6 Å². The van der Waals surface area contributed by atoms with Crippen LogP contribution in [0.4, 0.5) is 5.69 Å². The van der Waals surface area contributed by atoms with Gasteiger partial charge in [-0.1, -0.05) is 36.4 Å². The molecule has 0 fully saturated rings. The predicted octanol–water partition coefficient (Wildman–Crippen LogP) is 2.49. The van der Waals surface area contributed by atoms with E-state index in [9.17, 15) is 4.79 Å². The van der Waals surface area contributed by atoms with E-state index in [0.717, 1.165) is 22.6 Å². The Morgan fingerprint density at radius 3 is 2.68 bits per heavy atom. The molecule has 1 spiro atoms. The van der Waals surface area contributed by atoms with Crippen molar-refractivity contribution in [2.45, 2.75) is 12.0 Å². The van der Waals surface area contributed by atoms with Crippen molar-refractivity contribution >= 4 is 11.6 Å². The van der Waals surface area contributed by atoms with Crippen molar-refractivity contribution in [2.75, 3.05) is 11.9 Å². The summed E-state index contributed by atoms with van der Waals surface area (Å²) in [4.78, 5) is 14.4. The summed E-state index contributed by atoms with van der Waals surface area (Å²) in [6.45, 7) is 0. The van der Waals surface area contributed by atoms with Gasteiger partial charge in [-0.05, 0) is 17.7 Å². The minimum absolute atomic E-state index is 0.0184. The van der Waals surface area contributed by atoms with Gasteiger partial charge in [0.2, 0.25) is 5.60 Å². The Morgan fingerprint density at radius 1 is 1.11 bits per heavy atom. The maximum atomic E-state index is 12.7. The van der Waals surface area contributed by atoms with Crippen LogP contribution in [0, 0.1) is 0 Å². The highest BCUT2D eigenvalue weighted by molar-refractivity contribution is 6.07. The first-order chi connectivity index (χ1) is 9.22. The van der Waals surface area contributed by atoms with E-state index in [0.29, 0.717) is 6.42 Å². The van der Waals surface area contributed by atoms with Gasteiger partial charge in [-0.3, -0.25) is 4.79 Å². The van der Waals surface area contributed by atoms with Crippen LogP contribution in [0.25, 0.3) is 0 Å². The van der Waals surface area contributed by atoms with Gasteiger partial charge in [0.05, 0.1) is 5.69 Å². The van der Waals surface area contributed by atoms with Gasteiger partial charge < -0.3 is 9.64 Å². The molecule has 1 unspecified atom stereocenters. The van der Waals surface area contributed by atoms with E-state index in [2.05, 4.69) is 0 Å². The minimum atomic E-state index is -0.852. The largest absolute Gasteiger partial charge is 0.472 e. The summed E-state index contributed by atoms with van der Waals surface area (Å²) in [5.74, 6) is 0.839. The molecule has 2 heterocycles. The molecule has 2 aliphatic rings. The van der Waals surface area contributed by atoms with Gasteiger partial charge in [-0.15, -0.1) is 0 Å². The van der Waals surface area contributed by atoms with Crippen molar-refractivity contribution in [3.05, 3.63) is 59.7 Å². The lowest BCUT2D eigenvalue weighted by atomic mass is 9.90. The Balaban J connectivity index is 1.92. The molecule has 94 valence electrons. The third kappa shape index (κ3) is 1.19.